The Morgan fingerprint density at radius 2 is 1.96 bits per heavy atom. The SMILES string of the molecule is Cc1cnc(C2c3n[nH]c(=O)c4cc(F)cc(c34)NC2c2ccccc2)[nH]1. The molecule has 5 rings (SSSR count). The Morgan fingerprint density at radius 3 is 2.70 bits per heavy atom. The van der Waals surface area contributed by atoms with Crippen LogP contribution in [0.25, 0.3) is 10.8 Å². The number of nitrogens with one attached hydrogen (secondary N) is 3. The fourth-order valence-corrected chi connectivity index (χ4v) is 3.85. The van der Waals surface area contributed by atoms with E-state index in [1.165, 1.54) is 12.1 Å². The first-order valence-corrected chi connectivity index (χ1v) is 8.66. The number of hydrogen-bond acceptors (Lipinski definition) is 4. The third-order valence-electron chi connectivity index (χ3n) is 5.00. The molecule has 6 nitrogen and oxygen atoms in total. The lowest BCUT2D eigenvalue weighted by Gasteiger charge is -2.33. The number of aromatic amines is 2. The van der Waals surface area contributed by atoms with Crippen LogP contribution >= 0.6 is 0 Å². The molecule has 27 heavy (non-hydrogen) atoms. The zero-order chi connectivity index (χ0) is 18.5. The van der Waals surface area contributed by atoms with E-state index in [2.05, 4.69) is 25.5 Å². The number of imidazole rings is 1. The number of aromatic nitrogens is 4. The lowest BCUT2D eigenvalue weighted by atomic mass is 9.84. The Hall–Kier alpha value is -3.48. The minimum Gasteiger partial charge on any atom is -0.376 e. The molecule has 134 valence electrons. The highest BCUT2D eigenvalue weighted by molar-refractivity contribution is 5.97. The highest BCUT2D eigenvalue weighted by atomic mass is 19.1. The summed E-state index contributed by atoms with van der Waals surface area (Å²) in [6.45, 7) is 1.93. The number of nitrogens with zero attached hydrogens (tertiary/aromatic N) is 2. The van der Waals surface area contributed by atoms with Gasteiger partial charge in [-0.25, -0.2) is 14.5 Å². The Balaban J connectivity index is 1.83. The van der Waals surface area contributed by atoms with E-state index >= 15 is 0 Å². The van der Waals surface area contributed by atoms with E-state index < -0.39 is 11.4 Å². The average molecular weight is 361 g/mol. The van der Waals surface area contributed by atoms with Gasteiger partial charge >= 0.3 is 0 Å². The van der Waals surface area contributed by atoms with Crippen LogP contribution in [0.2, 0.25) is 0 Å². The van der Waals surface area contributed by atoms with Gasteiger partial charge in [0.05, 0.1) is 23.0 Å². The summed E-state index contributed by atoms with van der Waals surface area (Å²) in [4.78, 5) is 20.0. The molecule has 3 N–H and O–H groups in total. The second-order valence-electron chi connectivity index (χ2n) is 6.78. The van der Waals surface area contributed by atoms with Gasteiger partial charge in [0.15, 0.2) is 0 Å². The Kier molecular flexibility index (Phi) is 3.36. The largest absolute Gasteiger partial charge is 0.376 e. The predicted octanol–water partition coefficient (Wildman–Crippen LogP) is 3.39. The van der Waals surface area contributed by atoms with Gasteiger partial charge in [-0.2, -0.15) is 5.10 Å². The van der Waals surface area contributed by atoms with Crippen LogP contribution in [0.1, 0.15) is 34.7 Å². The smallest absolute Gasteiger partial charge is 0.272 e. The normalized spacial score (nSPS) is 18.4. The number of anilines is 1. The number of benzene rings is 2. The molecule has 0 fully saturated rings. The number of rotatable bonds is 2. The summed E-state index contributed by atoms with van der Waals surface area (Å²) < 4.78 is 14.1. The molecule has 0 saturated heterocycles. The highest BCUT2D eigenvalue weighted by Gasteiger charge is 2.36. The third-order valence-corrected chi connectivity index (χ3v) is 5.00. The van der Waals surface area contributed by atoms with E-state index in [4.69, 9.17) is 0 Å². The van der Waals surface area contributed by atoms with Crippen molar-refractivity contribution in [2.24, 2.45) is 0 Å². The van der Waals surface area contributed by atoms with Gasteiger partial charge in [0.1, 0.15) is 11.6 Å². The van der Waals surface area contributed by atoms with Crippen LogP contribution in [0.5, 0.6) is 0 Å². The summed E-state index contributed by atoms with van der Waals surface area (Å²) in [6.07, 6.45) is 1.76. The van der Waals surface area contributed by atoms with Crippen LogP contribution in [0.15, 0.2) is 53.5 Å². The standard InChI is InChI=1S/C20H16FN5O/c1-10-9-22-19(23-10)16-17(11-5-3-2-4-6-11)24-14-8-12(21)7-13-15(14)18(16)25-26-20(13)27/h2-9,16-17,24H,1H3,(H,22,23)(H,26,27). The predicted molar refractivity (Wildman–Crippen MR) is 100 cm³/mol. The molecular formula is C20H16FN5O. The molecule has 0 aliphatic carbocycles. The molecule has 4 aromatic rings. The molecule has 0 amide bonds. The van der Waals surface area contributed by atoms with Crippen LogP contribution in [-0.4, -0.2) is 20.2 Å². The Labute approximate surface area is 153 Å². The quantitative estimate of drug-likeness (QED) is 0.511. The van der Waals surface area contributed by atoms with Crippen molar-refractivity contribution in [1.29, 1.82) is 0 Å². The summed E-state index contributed by atoms with van der Waals surface area (Å²) in [6, 6.07) is 12.3. The van der Waals surface area contributed by atoms with Gasteiger partial charge in [0.2, 0.25) is 0 Å². The lowest BCUT2D eigenvalue weighted by Crippen LogP contribution is -2.29. The minimum absolute atomic E-state index is 0.215. The molecule has 2 atom stereocenters. The van der Waals surface area contributed by atoms with Crippen molar-refractivity contribution in [3.63, 3.8) is 0 Å². The van der Waals surface area contributed by atoms with E-state index in [-0.39, 0.29) is 17.3 Å². The molecular weight excluding hydrogens is 345 g/mol. The number of hydrogen-bond donors (Lipinski definition) is 3. The molecule has 0 saturated carbocycles. The molecule has 0 spiro atoms. The molecule has 0 radical (unpaired) electrons. The maximum atomic E-state index is 14.1. The second-order valence-corrected chi connectivity index (χ2v) is 6.78. The van der Waals surface area contributed by atoms with E-state index in [9.17, 15) is 9.18 Å². The number of H-pyrrole nitrogens is 2. The first-order chi connectivity index (χ1) is 13.1. The summed E-state index contributed by atoms with van der Waals surface area (Å²) >= 11 is 0. The lowest BCUT2D eigenvalue weighted by molar-refractivity contribution is 0.603. The number of aryl methyl sites for hydroxylation is 1. The van der Waals surface area contributed by atoms with Crippen molar-refractivity contribution < 1.29 is 4.39 Å². The van der Waals surface area contributed by atoms with Crippen molar-refractivity contribution in [3.8, 4) is 0 Å². The van der Waals surface area contributed by atoms with Gasteiger partial charge < -0.3 is 10.3 Å². The van der Waals surface area contributed by atoms with Crippen LogP contribution in [0.3, 0.4) is 0 Å². The summed E-state index contributed by atoms with van der Waals surface area (Å²) in [5, 5.41) is 11.2. The van der Waals surface area contributed by atoms with E-state index in [1.54, 1.807) is 6.20 Å². The van der Waals surface area contributed by atoms with Crippen LogP contribution in [0.4, 0.5) is 10.1 Å². The second kappa shape index (κ2) is 5.77. The van der Waals surface area contributed by atoms with Gasteiger partial charge in [-0.3, -0.25) is 4.79 Å². The summed E-state index contributed by atoms with van der Waals surface area (Å²) in [5.74, 6) is 0.00911. The van der Waals surface area contributed by atoms with Gasteiger partial charge in [-0.05, 0) is 24.6 Å². The van der Waals surface area contributed by atoms with Gasteiger partial charge in [-0.15, -0.1) is 0 Å². The van der Waals surface area contributed by atoms with E-state index in [0.717, 1.165) is 17.1 Å². The zero-order valence-electron chi connectivity index (χ0n) is 14.5. The topological polar surface area (TPSA) is 86.5 Å². The maximum absolute atomic E-state index is 14.1. The minimum atomic E-state index is -0.466. The van der Waals surface area contributed by atoms with Crippen molar-refractivity contribution in [2.75, 3.05) is 5.32 Å². The average Bonchev–Trinajstić information content (AvgIpc) is 3.10. The van der Waals surface area contributed by atoms with Gasteiger partial charge in [-0.1, -0.05) is 30.3 Å². The first-order valence-electron chi connectivity index (χ1n) is 8.66. The van der Waals surface area contributed by atoms with Crippen molar-refractivity contribution in [1.82, 2.24) is 20.2 Å². The van der Waals surface area contributed by atoms with E-state index in [0.29, 0.717) is 16.8 Å². The van der Waals surface area contributed by atoms with Crippen LogP contribution in [-0.2, 0) is 0 Å². The fourth-order valence-electron chi connectivity index (χ4n) is 3.85. The zero-order valence-corrected chi connectivity index (χ0v) is 14.5. The van der Waals surface area contributed by atoms with Crippen LogP contribution < -0.4 is 10.9 Å². The molecule has 3 heterocycles. The molecule has 2 aromatic heterocycles. The molecule has 2 unspecified atom stereocenters. The Morgan fingerprint density at radius 1 is 1.15 bits per heavy atom. The van der Waals surface area contributed by atoms with Gasteiger partial charge in [0.25, 0.3) is 5.56 Å². The molecule has 2 aromatic carbocycles. The number of halogens is 1. The molecule has 7 heteroatoms. The molecule has 1 aliphatic heterocycles. The highest BCUT2D eigenvalue weighted by Crippen LogP contribution is 2.45. The fraction of sp³-hybridized carbons (Fsp3) is 0.150. The third kappa shape index (κ3) is 2.43. The van der Waals surface area contributed by atoms with Gasteiger partial charge in [0, 0.05) is 23.0 Å². The van der Waals surface area contributed by atoms with Crippen LogP contribution in [0, 0.1) is 12.7 Å². The summed E-state index contributed by atoms with van der Waals surface area (Å²) in [7, 11) is 0. The monoisotopic (exact) mass is 361 g/mol. The molecule has 1 aliphatic rings. The maximum Gasteiger partial charge on any atom is 0.272 e. The van der Waals surface area contributed by atoms with Crippen molar-refractivity contribution in [2.45, 2.75) is 18.9 Å². The van der Waals surface area contributed by atoms with E-state index in [1.807, 2.05) is 37.3 Å². The Bertz CT molecular complexity index is 1210. The van der Waals surface area contributed by atoms with Crippen molar-refractivity contribution >= 4 is 16.5 Å². The first kappa shape index (κ1) is 15.7. The molecule has 0 bridgehead atoms. The summed E-state index contributed by atoms with van der Waals surface area (Å²) in [5.41, 5.74) is 2.77. The van der Waals surface area contributed by atoms with Crippen molar-refractivity contribution in [3.05, 3.63) is 87.6 Å².